The lowest BCUT2D eigenvalue weighted by Gasteiger charge is -2.27. The molecule has 4 aromatic carbocycles. The number of H-pyrrole nitrogens is 1. The highest BCUT2D eigenvalue weighted by Gasteiger charge is 2.34. The number of aromatic amines is 1. The summed E-state index contributed by atoms with van der Waals surface area (Å²) in [4.78, 5) is 16.2. The van der Waals surface area contributed by atoms with E-state index in [2.05, 4.69) is 4.98 Å². The number of sulfonamides is 1. The van der Waals surface area contributed by atoms with Gasteiger partial charge < -0.3 is 14.8 Å². The molecule has 5 aromatic rings. The number of fused-ring (bicyclic) bond motifs is 2. The quantitative estimate of drug-likeness (QED) is 0.277. The average Bonchev–Trinajstić information content (AvgIpc) is 3.25. The minimum atomic E-state index is -4.24. The molecule has 1 aromatic heterocycles. The van der Waals surface area contributed by atoms with Crippen LogP contribution < -0.4 is 4.31 Å². The first-order valence-corrected chi connectivity index (χ1v) is 12.9. The number of phenolic OH excluding ortho intramolecular Hbond substituents is 1. The van der Waals surface area contributed by atoms with Crippen molar-refractivity contribution in [1.29, 1.82) is 0 Å². The van der Waals surface area contributed by atoms with Gasteiger partial charge in [-0.15, -0.1) is 0 Å². The summed E-state index contributed by atoms with van der Waals surface area (Å²) in [6.45, 7) is 3.63. The molecule has 0 aliphatic heterocycles. The Kier molecular flexibility index (Phi) is 5.89. The van der Waals surface area contributed by atoms with E-state index in [1.54, 1.807) is 73.7 Å². The fourth-order valence-electron chi connectivity index (χ4n) is 4.38. The van der Waals surface area contributed by atoms with E-state index in [0.29, 0.717) is 27.4 Å². The number of hydrogen-bond donors (Lipinski definition) is 2. The summed E-state index contributed by atoms with van der Waals surface area (Å²) < 4.78 is 35.2. The summed E-state index contributed by atoms with van der Waals surface area (Å²) in [6, 6.07) is 23.7. The monoisotopic (exact) mass is 500 g/mol. The molecule has 0 fully saturated rings. The maximum Gasteiger partial charge on any atom is 0.356 e. The molecule has 8 heteroatoms. The van der Waals surface area contributed by atoms with E-state index in [1.807, 2.05) is 13.0 Å². The Morgan fingerprint density at radius 1 is 0.917 bits per heavy atom. The van der Waals surface area contributed by atoms with Crippen LogP contribution in [0.5, 0.6) is 5.75 Å². The lowest BCUT2D eigenvalue weighted by atomic mass is 10.1. The molecule has 0 saturated carbocycles. The van der Waals surface area contributed by atoms with Crippen LogP contribution >= 0.6 is 0 Å². The molecule has 0 aliphatic rings. The fourth-order valence-corrected chi connectivity index (χ4v) is 6.03. The Morgan fingerprint density at radius 3 is 2.33 bits per heavy atom. The van der Waals surface area contributed by atoms with Crippen LogP contribution in [0.15, 0.2) is 89.8 Å². The molecule has 5 rings (SSSR count). The third-order valence-electron chi connectivity index (χ3n) is 5.99. The first-order chi connectivity index (χ1) is 17.3. The van der Waals surface area contributed by atoms with Crippen LogP contribution in [0.4, 0.5) is 11.4 Å². The van der Waals surface area contributed by atoms with Crippen LogP contribution in [0.25, 0.3) is 21.7 Å². The third kappa shape index (κ3) is 3.85. The molecule has 0 unspecified atom stereocenters. The summed E-state index contributed by atoms with van der Waals surface area (Å²) in [5.74, 6) is -0.650. The van der Waals surface area contributed by atoms with Crippen molar-refractivity contribution < 1.29 is 23.1 Å². The van der Waals surface area contributed by atoms with Crippen molar-refractivity contribution >= 4 is 49.0 Å². The van der Waals surface area contributed by atoms with Gasteiger partial charge in [0, 0.05) is 21.7 Å². The second kappa shape index (κ2) is 9.05. The van der Waals surface area contributed by atoms with Gasteiger partial charge in [0.2, 0.25) is 0 Å². The molecule has 0 spiro atoms. The van der Waals surface area contributed by atoms with Crippen LogP contribution in [-0.4, -0.2) is 31.1 Å². The van der Waals surface area contributed by atoms with Crippen LogP contribution in [0.1, 0.15) is 23.0 Å². The van der Waals surface area contributed by atoms with Gasteiger partial charge in [0.1, 0.15) is 5.75 Å². The van der Waals surface area contributed by atoms with Gasteiger partial charge in [-0.1, -0.05) is 54.6 Å². The Balaban J connectivity index is 1.92. The van der Waals surface area contributed by atoms with E-state index in [4.69, 9.17) is 4.74 Å². The molecule has 0 amide bonds. The predicted octanol–water partition coefficient (Wildman–Crippen LogP) is 6.04. The second-order valence-electron chi connectivity index (χ2n) is 8.35. The van der Waals surface area contributed by atoms with E-state index >= 15 is 0 Å². The number of aromatic nitrogens is 1. The Morgan fingerprint density at radius 2 is 1.61 bits per heavy atom. The normalized spacial score (nSPS) is 11.6. The van der Waals surface area contributed by atoms with Gasteiger partial charge in [0.15, 0.2) is 5.69 Å². The largest absolute Gasteiger partial charge is 0.507 e. The first kappa shape index (κ1) is 23.4. The van der Waals surface area contributed by atoms with Crippen molar-refractivity contribution in [1.82, 2.24) is 4.98 Å². The Bertz CT molecular complexity index is 1720. The number of phenols is 1. The van der Waals surface area contributed by atoms with Crippen molar-refractivity contribution in [2.45, 2.75) is 18.7 Å². The summed E-state index contributed by atoms with van der Waals surface area (Å²) in [5, 5.41) is 12.0. The summed E-state index contributed by atoms with van der Waals surface area (Å²) in [5.41, 5.74) is 1.83. The molecule has 2 N–H and O–H groups in total. The van der Waals surface area contributed by atoms with Gasteiger partial charge in [0.25, 0.3) is 10.0 Å². The van der Waals surface area contributed by atoms with Gasteiger partial charge in [0.05, 0.1) is 22.9 Å². The number of esters is 1. The maximum atomic E-state index is 14.4. The molecule has 7 nitrogen and oxygen atoms in total. The molecular formula is C28H24N2O5S. The number of para-hydroxylation sites is 1. The molecule has 0 aliphatic carbocycles. The second-order valence-corrected chi connectivity index (χ2v) is 10.1. The smallest absolute Gasteiger partial charge is 0.356 e. The molecular weight excluding hydrogens is 476 g/mol. The number of aromatic hydroxyl groups is 1. The van der Waals surface area contributed by atoms with Crippen LogP contribution in [-0.2, 0) is 14.8 Å². The topological polar surface area (TPSA) is 99.7 Å². The summed E-state index contributed by atoms with van der Waals surface area (Å²) >= 11 is 0. The molecule has 1 heterocycles. The zero-order chi connectivity index (χ0) is 25.4. The van der Waals surface area contributed by atoms with Crippen molar-refractivity contribution in [3.05, 3.63) is 96.2 Å². The lowest BCUT2D eigenvalue weighted by Crippen LogP contribution is -2.28. The number of carbonyl (C=O) groups is 1. The number of nitrogens with one attached hydrogen (secondary N) is 1. The third-order valence-corrected chi connectivity index (χ3v) is 7.70. The number of carbonyl (C=O) groups excluding carboxylic acids is 1. The number of ether oxygens (including phenoxy) is 1. The highest BCUT2D eigenvalue weighted by Crippen LogP contribution is 2.44. The van der Waals surface area contributed by atoms with Crippen LogP contribution in [0.2, 0.25) is 0 Å². The fraction of sp³-hybridized carbons (Fsp3) is 0.107. The number of anilines is 2. The number of nitrogens with zero attached hydrogens (tertiary/aromatic N) is 1. The van der Waals surface area contributed by atoms with Gasteiger partial charge in [-0.2, -0.15) is 0 Å². The summed E-state index contributed by atoms with van der Waals surface area (Å²) in [7, 11) is -4.24. The summed E-state index contributed by atoms with van der Waals surface area (Å²) in [6.07, 6.45) is 0. The first-order valence-electron chi connectivity index (χ1n) is 11.4. The van der Waals surface area contributed by atoms with E-state index in [9.17, 15) is 18.3 Å². The standard InChI is InChI=1S/C28H24N2O5S/c1-3-35-28(32)26-27(22-13-6-7-14-23(22)29-26)30(36(33,34)19-10-8-9-18(2)17-19)24-15-16-25(31)21-12-5-4-11-20(21)24/h4-17,29,31H,3H2,1-2H3. The van der Waals surface area contributed by atoms with Crippen molar-refractivity contribution in [3.8, 4) is 5.75 Å². The van der Waals surface area contributed by atoms with Crippen molar-refractivity contribution in [2.24, 2.45) is 0 Å². The van der Waals surface area contributed by atoms with E-state index in [-0.39, 0.29) is 28.6 Å². The minimum Gasteiger partial charge on any atom is -0.507 e. The number of aryl methyl sites for hydroxylation is 1. The molecule has 182 valence electrons. The molecule has 0 bridgehead atoms. The molecule has 0 atom stereocenters. The van der Waals surface area contributed by atoms with Crippen molar-refractivity contribution in [3.63, 3.8) is 0 Å². The van der Waals surface area contributed by atoms with Crippen molar-refractivity contribution in [2.75, 3.05) is 10.9 Å². The van der Waals surface area contributed by atoms with Gasteiger partial charge in [-0.05, 0) is 49.7 Å². The van der Waals surface area contributed by atoms with Crippen LogP contribution in [0.3, 0.4) is 0 Å². The van der Waals surface area contributed by atoms with Gasteiger partial charge in [-0.3, -0.25) is 0 Å². The Hall–Kier alpha value is -4.30. The maximum absolute atomic E-state index is 14.4. The SMILES string of the molecule is CCOC(=O)c1[nH]c2ccccc2c1N(c1ccc(O)c2ccccc12)S(=O)(=O)c1cccc(C)c1. The molecule has 0 saturated heterocycles. The zero-order valence-electron chi connectivity index (χ0n) is 19.7. The number of rotatable bonds is 6. The number of hydrogen-bond acceptors (Lipinski definition) is 5. The highest BCUT2D eigenvalue weighted by atomic mass is 32.2. The predicted molar refractivity (Wildman–Crippen MR) is 140 cm³/mol. The van der Waals surface area contributed by atoms with E-state index in [1.165, 1.54) is 16.4 Å². The van der Waals surface area contributed by atoms with Gasteiger partial charge >= 0.3 is 5.97 Å². The lowest BCUT2D eigenvalue weighted by molar-refractivity contribution is 0.0521. The molecule has 36 heavy (non-hydrogen) atoms. The zero-order valence-corrected chi connectivity index (χ0v) is 20.5. The Labute approximate surface area is 208 Å². The number of benzene rings is 4. The van der Waals surface area contributed by atoms with Gasteiger partial charge in [-0.25, -0.2) is 17.5 Å². The molecule has 0 radical (unpaired) electrons. The minimum absolute atomic E-state index is 0.0198. The average molecular weight is 501 g/mol. The van der Waals surface area contributed by atoms with E-state index < -0.39 is 16.0 Å². The van der Waals surface area contributed by atoms with Crippen LogP contribution in [0, 0.1) is 6.92 Å². The van der Waals surface area contributed by atoms with E-state index in [0.717, 1.165) is 5.56 Å². The highest BCUT2D eigenvalue weighted by molar-refractivity contribution is 7.93.